The minimum absolute atomic E-state index is 0.643. The van der Waals surface area contributed by atoms with Crippen LogP contribution in [0.15, 0.2) is 6.33 Å². The summed E-state index contributed by atoms with van der Waals surface area (Å²) in [6.07, 6.45) is 10.3. The molecule has 0 spiro atoms. The first-order valence-corrected chi connectivity index (χ1v) is 7.52. The Morgan fingerprint density at radius 2 is 1.95 bits per heavy atom. The van der Waals surface area contributed by atoms with E-state index in [-0.39, 0.29) is 0 Å². The summed E-state index contributed by atoms with van der Waals surface area (Å²) < 4.78 is 0. The Labute approximate surface area is 115 Å². The van der Waals surface area contributed by atoms with Crippen molar-refractivity contribution in [2.24, 2.45) is 0 Å². The highest BCUT2D eigenvalue weighted by atomic mass is 15.2. The van der Waals surface area contributed by atoms with E-state index in [2.05, 4.69) is 34.3 Å². The van der Waals surface area contributed by atoms with Gasteiger partial charge in [0.15, 0.2) is 0 Å². The van der Waals surface area contributed by atoms with Gasteiger partial charge in [-0.25, -0.2) is 9.97 Å². The first-order chi connectivity index (χ1) is 9.29. The smallest absolute Gasteiger partial charge is 0.135 e. The molecule has 19 heavy (non-hydrogen) atoms. The molecule has 1 heterocycles. The normalized spacial score (nSPS) is 26.2. The highest BCUT2D eigenvalue weighted by Crippen LogP contribution is 2.31. The fourth-order valence-corrected chi connectivity index (χ4v) is 3.57. The van der Waals surface area contributed by atoms with Crippen molar-refractivity contribution in [2.45, 2.75) is 57.0 Å². The maximum absolute atomic E-state index is 4.56. The van der Waals surface area contributed by atoms with Gasteiger partial charge in [-0.15, -0.1) is 0 Å². The molecule has 1 N–H and O–H groups in total. The standard InChI is InChI=1S/C15H24N4/c1-16-11-6-8-12(9-7-11)19(2)15-13-4-3-5-14(13)17-10-18-15/h10-12,16H,3-9H2,1-2H3. The van der Waals surface area contributed by atoms with Crippen LogP contribution in [0.2, 0.25) is 0 Å². The molecule has 1 saturated carbocycles. The Morgan fingerprint density at radius 1 is 1.16 bits per heavy atom. The van der Waals surface area contributed by atoms with Crippen molar-refractivity contribution in [3.63, 3.8) is 0 Å². The molecule has 0 amide bonds. The van der Waals surface area contributed by atoms with Crippen molar-refractivity contribution in [2.75, 3.05) is 19.0 Å². The van der Waals surface area contributed by atoms with Crippen molar-refractivity contribution >= 4 is 5.82 Å². The summed E-state index contributed by atoms with van der Waals surface area (Å²) in [5.74, 6) is 1.19. The average Bonchev–Trinajstić information content (AvgIpc) is 2.95. The average molecular weight is 260 g/mol. The Kier molecular flexibility index (Phi) is 3.69. The third-order valence-corrected chi connectivity index (χ3v) is 4.84. The quantitative estimate of drug-likeness (QED) is 0.901. The van der Waals surface area contributed by atoms with Gasteiger partial charge in [0.05, 0.1) is 0 Å². The monoisotopic (exact) mass is 260 g/mol. The third-order valence-electron chi connectivity index (χ3n) is 4.84. The summed E-state index contributed by atoms with van der Waals surface area (Å²) in [5, 5.41) is 3.40. The molecule has 0 aromatic carbocycles. The second-order valence-electron chi connectivity index (χ2n) is 5.88. The first-order valence-electron chi connectivity index (χ1n) is 7.52. The van der Waals surface area contributed by atoms with Gasteiger partial charge in [0.1, 0.15) is 12.1 Å². The van der Waals surface area contributed by atoms with Crippen molar-refractivity contribution in [3.8, 4) is 0 Å². The molecular weight excluding hydrogens is 236 g/mol. The molecule has 1 aromatic rings. The minimum atomic E-state index is 0.643. The van der Waals surface area contributed by atoms with Gasteiger partial charge in [0.2, 0.25) is 0 Å². The van der Waals surface area contributed by atoms with Gasteiger partial charge in [-0.2, -0.15) is 0 Å². The van der Waals surface area contributed by atoms with Crippen molar-refractivity contribution in [1.29, 1.82) is 0 Å². The van der Waals surface area contributed by atoms with Gasteiger partial charge in [-0.1, -0.05) is 0 Å². The summed E-state index contributed by atoms with van der Waals surface area (Å²) in [5.41, 5.74) is 2.68. The molecule has 2 aliphatic carbocycles. The van der Waals surface area contributed by atoms with Crippen LogP contribution in [-0.2, 0) is 12.8 Å². The van der Waals surface area contributed by atoms with Gasteiger partial charge in [0.25, 0.3) is 0 Å². The number of hydrogen-bond acceptors (Lipinski definition) is 4. The van der Waals surface area contributed by atoms with E-state index >= 15 is 0 Å². The predicted octanol–water partition coefficient (Wildman–Crippen LogP) is 1.93. The van der Waals surface area contributed by atoms with Crippen LogP contribution in [0, 0.1) is 0 Å². The van der Waals surface area contributed by atoms with Gasteiger partial charge in [0, 0.05) is 30.4 Å². The van der Waals surface area contributed by atoms with E-state index in [0.717, 1.165) is 12.8 Å². The van der Waals surface area contributed by atoms with Crippen LogP contribution in [0.4, 0.5) is 5.82 Å². The number of nitrogens with one attached hydrogen (secondary N) is 1. The van der Waals surface area contributed by atoms with Crippen LogP contribution in [0.5, 0.6) is 0 Å². The van der Waals surface area contributed by atoms with E-state index in [0.29, 0.717) is 12.1 Å². The lowest BCUT2D eigenvalue weighted by Crippen LogP contribution is -2.40. The zero-order valence-corrected chi connectivity index (χ0v) is 12.0. The topological polar surface area (TPSA) is 41.0 Å². The highest BCUT2D eigenvalue weighted by molar-refractivity contribution is 5.50. The van der Waals surface area contributed by atoms with Crippen molar-refractivity contribution < 1.29 is 0 Å². The van der Waals surface area contributed by atoms with Crippen LogP contribution < -0.4 is 10.2 Å². The molecule has 4 nitrogen and oxygen atoms in total. The van der Waals surface area contributed by atoms with Crippen molar-refractivity contribution in [3.05, 3.63) is 17.6 Å². The minimum Gasteiger partial charge on any atom is -0.356 e. The number of anilines is 1. The van der Waals surface area contributed by atoms with Gasteiger partial charge < -0.3 is 10.2 Å². The Morgan fingerprint density at radius 3 is 2.68 bits per heavy atom. The van der Waals surface area contributed by atoms with Crippen LogP contribution in [-0.4, -0.2) is 36.1 Å². The molecule has 104 valence electrons. The van der Waals surface area contributed by atoms with Crippen LogP contribution in [0.25, 0.3) is 0 Å². The van der Waals surface area contributed by atoms with E-state index in [1.807, 2.05) is 0 Å². The molecule has 0 aliphatic heterocycles. The van der Waals surface area contributed by atoms with E-state index in [1.54, 1.807) is 6.33 Å². The van der Waals surface area contributed by atoms with E-state index in [4.69, 9.17) is 0 Å². The number of nitrogens with zero attached hydrogens (tertiary/aromatic N) is 3. The SMILES string of the molecule is CNC1CCC(N(C)c2ncnc3c2CCC3)CC1. The van der Waals surface area contributed by atoms with Gasteiger partial charge >= 0.3 is 0 Å². The zero-order chi connectivity index (χ0) is 13.2. The summed E-state index contributed by atoms with van der Waals surface area (Å²) >= 11 is 0. The Hall–Kier alpha value is -1.16. The number of hydrogen-bond donors (Lipinski definition) is 1. The van der Waals surface area contributed by atoms with Crippen LogP contribution >= 0.6 is 0 Å². The lowest BCUT2D eigenvalue weighted by atomic mass is 9.90. The molecule has 3 rings (SSSR count). The highest BCUT2D eigenvalue weighted by Gasteiger charge is 2.27. The molecule has 1 aromatic heterocycles. The van der Waals surface area contributed by atoms with Gasteiger partial charge in [-0.05, 0) is 52.0 Å². The summed E-state index contributed by atoms with van der Waals surface area (Å²) in [7, 11) is 4.29. The summed E-state index contributed by atoms with van der Waals surface area (Å²) in [6.45, 7) is 0. The molecule has 2 aliphatic rings. The molecule has 4 heteroatoms. The van der Waals surface area contributed by atoms with E-state index in [9.17, 15) is 0 Å². The van der Waals surface area contributed by atoms with Crippen LogP contribution in [0.3, 0.4) is 0 Å². The molecule has 0 bridgehead atoms. The molecular formula is C15H24N4. The number of aromatic nitrogens is 2. The molecule has 0 radical (unpaired) electrons. The van der Waals surface area contributed by atoms with E-state index in [1.165, 1.54) is 49.2 Å². The van der Waals surface area contributed by atoms with E-state index < -0.39 is 0 Å². The second kappa shape index (κ2) is 5.45. The molecule has 0 saturated heterocycles. The molecule has 0 unspecified atom stereocenters. The summed E-state index contributed by atoms with van der Waals surface area (Å²) in [6, 6.07) is 1.35. The fourth-order valence-electron chi connectivity index (χ4n) is 3.57. The van der Waals surface area contributed by atoms with Crippen LogP contribution in [0.1, 0.15) is 43.4 Å². The predicted molar refractivity (Wildman–Crippen MR) is 77.6 cm³/mol. The zero-order valence-electron chi connectivity index (χ0n) is 12.0. The maximum atomic E-state index is 4.56. The number of fused-ring (bicyclic) bond motifs is 1. The lowest BCUT2D eigenvalue weighted by molar-refractivity contribution is 0.350. The Bertz CT molecular complexity index is 438. The number of rotatable bonds is 3. The Balaban J connectivity index is 1.74. The lowest BCUT2D eigenvalue weighted by Gasteiger charge is -2.36. The second-order valence-corrected chi connectivity index (χ2v) is 5.88. The van der Waals surface area contributed by atoms with Crippen molar-refractivity contribution in [1.82, 2.24) is 15.3 Å². The molecule has 1 fully saturated rings. The first kappa shape index (κ1) is 12.9. The largest absolute Gasteiger partial charge is 0.356 e. The maximum Gasteiger partial charge on any atom is 0.135 e. The number of aryl methyl sites for hydroxylation is 1. The fraction of sp³-hybridized carbons (Fsp3) is 0.733. The summed E-state index contributed by atoms with van der Waals surface area (Å²) in [4.78, 5) is 11.4. The third kappa shape index (κ3) is 2.46. The van der Waals surface area contributed by atoms with Gasteiger partial charge in [-0.3, -0.25) is 0 Å². The molecule has 0 atom stereocenters.